The number of rotatable bonds is 8. The molecule has 2 aromatic heterocycles. The zero-order valence-corrected chi connectivity index (χ0v) is 31.9. The summed E-state index contributed by atoms with van der Waals surface area (Å²) in [5.74, 6) is 2.46. The number of carbonyl (C=O) groups is 3. The quantitative estimate of drug-likeness (QED) is 0.181. The molecule has 4 aromatic rings. The number of anilines is 2. The molecule has 0 radical (unpaired) electrons. The second kappa shape index (κ2) is 15.9. The van der Waals surface area contributed by atoms with Gasteiger partial charge in [0.15, 0.2) is 11.6 Å². The van der Waals surface area contributed by atoms with Gasteiger partial charge >= 0.3 is 0 Å². The highest BCUT2D eigenvalue weighted by molar-refractivity contribution is 9.10. The first-order chi connectivity index (χ1) is 25.9. The van der Waals surface area contributed by atoms with Gasteiger partial charge in [-0.25, -0.2) is 27.5 Å². The number of nitrogens with two attached hydrogens (primary N) is 1. The van der Waals surface area contributed by atoms with E-state index in [9.17, 15) is 31.9 Å². The molecule has 0 unspecified atom stereocenters. The molecule has 6 heterocycles. The van der Waals surface area contributed by atoms with Gasteiger partial charge in [-0.15, -0.1) is 0 Å². The SMILES string of the molecule is CC[C@H](Cc1ccc2c(c1)OCCn1cc(N3C(=O)SC[C@H]3C(F)F)nc1-2)C(N)=O.O=C1SC[C@@H](C(F)F)N1c1cn2c(n1)-c1ccc(Br)cc1OCC2. The van der Waals surface area contributed by atoms with Crippen molar-refractivity contribution in [2.24, 2.45) is 11.7 Å². The Bertz CT molecular complexity index is 2080. The number of halogens is 5. The summed E-state index contributed by atoms with van der Waals surface area (Å²) < 4.78 is 69.3. The first-order valence-corrected chi connectivity index (χ1v) is 19.8. The third-order valence-corrected chi connectivity index (χ3v) is 11.8. The molecular formula is C35H34BrF4N7O5S2. The summed E-state index contributed by atoms with van der Waals surface area (Å²) in [5, 5.41) is -0.807. The van der Waals surface area contributed by atoms with Gasteiger partial charge < -0.3 is 24.3 Å². The van der Waals surface area contributed by atoms with Crippen LogP contribution in [0.2, 0.25) is 0 Å². The van der Waals surface area contributed by atoms with E-state index in [2.05, 4.69) is 25.9 Å². The van der Waals surface area contributed by atoms with E-state index in [1.54, 1.807) is 12.4 Å². The predicted molar refractivity (Wildman–Crippen MR) is 201 cm³/mol. The third kappa shape index (κ3) is 7.53. The number of hydrogen-bond donors (Lipinski definition) is 1. The van der Waals surface area contributed by atoms with Gasteiger partial charge in [-0.1, -0.05) is 52.4 Å². The highest BCUT2D eigenvalue weighted by Gasteiger charge is 2.42. The molecule has 2 N–H and O–H groups in total. The molecule has 2 aromatic carbocycles. The average Bonchev–Trinajstić information content (AvgIpc) is 3.89. The molecule has 0 bridgehead atoms. The molecule has 0 saturated carbocycles. The molecule has 2 saturated heterocycles. The van der Waals surface area contributed by atoms with Crippen LogP contribution in [0.3, 0.4) is 0 Å². The molecule has 19 heteroatoms. The number of amides is 3. The van der Waals surface area contributed by atoms with Crippen LogP contribution in [0.25, 0.3) is 22.8 Å². The summed E-state index contributed by atoms with van der Waals surface area (Å²) in [7, 11) is 0. The zero-order chi connectivity index (χ0) is 38.3. The molecule has 4 aliphatic heterocycles. The minimum absolute atomic E-state index is 0.0419. The summed E-state index contributed by atoms with van der Waals surface area (Å²) in [6.07, 6.45) is -0.806. The zero-order valence-electron chi connectivity index (χ0n) is 28.7. The molecule has 0 aliphatic carbocycles. The number of nitrogens with zero attached hydrogens (tertiary/aromatic N) is 6. The van der Waals surface area contributed by atoms with E-state index in [1.807, 2.05) is 52.5 Å². The van der Waals surface area contributed by atoms with Gasteiger partial charge in [0.25, 0.3) is 23.3 Å². The van der Waals surface area contributed by atoms with Crippen LogP contribution in [-0.4, -0.2) is 85.1 Å². The Morgan fingerprint density at radius 2 is 1.35 bits per heavy atom. The number of benzene rings is 2. The van der Waals surface area contributed by atoms with Crippen LogP contribution in [0.15, 0.2) is 53.3 Å². The van der Waals surface area contributed by atoms with Gasteiger partial charge in [-0.05, 0) is 48.7 Å². The summed E-state index contributed by atoms with van der Waals surface area (Å²) in [4.78, 5) is 47.0. The highest BCUT2D eigenvalue weighted by Crippen LogP contribution is 2.40. The highest BCUT2D eigenvalue weighted by atomic mass is 79.9. The molecule has 8 rings (SSSR count). The van der Waals surface area contributed by atoms with Crippen molar-refractivity contribution in [2.45, 2.75) is 57.8 Å². The van der Waals surface area contributed by atoms with E-state index >= 15 is 0 Å². The Hall–Kier alpha value is -4.23. The maximum atomic E-state index is 13.4. The van der Waals surface area contributed by atoms with Crippen LogP contribution in [0.1, 0.15) is 18.9 Å². The minimum atomic E-state index is -2.64. The van der Waals surface area contributed by atoms with Crippen LogP contribution >= 0.6 is 39.5 Å². The molecule has 12 nitrogen and oxygen atoms in total. The molecule has 4 aliphatic rings. The Morgan fingerprint density at radius 3 is 1.83 bits per heavy atom. The van der Waals surface area contributed by atoms with Crippen molar-refractivity contribution >= 4 is 67.5 Å². The van der Waals surface area contributed by atoms with Crippen molar-refractivity contribution < 1.29 is 41.4 Å². The van der Waals surface area contributed by atoms with Gasteiger partial charge in [-0.2, -0.15) is 0 Å². The fourth-order valence-electron chi connectivity index (χ4n) is 6.61. The monoisotopic (exact) mass is 851 g/mol. The molecule has 3 amide bonds. The molecular weight excluding hydrogens is 818 g/mol. The Kier molecular flexibility index (Phi) is 11.2. The molecule has 286 valence electrons. The summed E-state index contributed by atoms with van der Waals surface area (Å²) in [6, 6.07) is 8.85. The van der Waals surface area contributed by atoms with Crippen molar-refractivity contribution in [3.63, 3.8) is 0 Å². The average molecular weight is 853 g/mol. The van der Waals surface area contributed by atoms with Crippen molar-refractivity contribution in [3.8, 4) is 34.3 Å². The Labute approximate surface area is 323 Å². The number of carbonyl (C=O) groups excluding carboxylic acids is 3. The Balaban J connectivity index is 0.000000171. The van der Waals surface area contributed by atoms with Crippen molar-refractivity contribution in [3.05, 3.63) is 58.8 Å². The number of hydrogen-bond acceptors (Lipinski definition) is 9. The van der Waals surface area contributed by atoms with E-state index in [1.165, 1.54) is 0 Å². The Morgan fingerprint density at radius 1 is 0.852 bits per heavy atom. The summed E-state index contributed by atoms with van der Waals surface area (Å²) >= 11 is 5.18. The first-order valence-electron chi connectivity index (χ1n) is 17.0. The number of thioether (sulfide) groups is 2. The summed E-state index contributed by atoms with van der Waals surface area (Å²) in [5.41, 5.74) is 7.86. The van der Waals surface area contributed by atoms with E-state index in [0.717, 1.165) is 48.9 Å². The van der Waals surface area contributed by atoms with Gasteiger partial charge in [0.2, 0.25) is 5.91 Å². The molecule has 3 atom stereocenters. The number of primary amides is 1. The van der Waals surface area contributed by atoms with Gasteiger partial charge in [-0.3, -0.25) is 24.2 Å². The smallest absolute Gasteiger partial charge is 0.287 e. The fourth-order valence-corrected chi connectivity index (χ4v) is 8.91. The number of fused-ring (bicyclic) bond motifs is 6. The lowest BCUT2D eigenvalue weighted by atomic mass is 9.95. The van der Waals surface area contributed by atoms with E-state index in [4.69, 9.17) is 15.2 Å². The number of ether oxygens (including phenoxy) is 2. The van der Waals surface area contributed by atoms with Crippen LogP contribution in [0.5, 0.6) is 11.5 Å². The fraction of sp³-hybridized carbons (Fsp3) is 0.400. The lowest BCUT2D eigenvalue weighted by Gasteiger charge is -2.20. The standard InChI is InChI=1S/C20H22F2N4O3S.C15H12BrF2N3O2S/c1-2-12(18(23)27)7-11-3-4-13-15(8-11)29-6-5-25-9-16(24-19(13)25)26-14(17(21)22)10-30-20(26)28;16-8-1-2-9-11(5-8)23-4-3-20-6-12(19-14(9)20)21-10(13(17)18)7-24-15(21)22/h3-4,8-9,12,14,17H,2,5-7,10H2,1H3,(H2,23,27);1-2,5-6,10,13H,3-4,7H2/t12-,14+;10-/m10/s1. The van der Waals surface area contributed by atoms with Crippen LogP contribution in [-0.2, 0) is 24.3 Å². The minimum Gasteiger partial charge on any atom is -0.491 e. The van der Waals surface area contributed by atoms with E-state index in [0.29, 0.717) is 67.9 Å². The molecule has 0 spiro atoms. The topological polar surface area (TPSA) is 138 Å². The lowest BCUT2D eigenvalue weighted by Crippen LogP contribution is -2.38. The normalized spacial score (nSPS) is 19.6. The van der Waals surface area contributed by atoms with Crippen molar-refractivity contribution in [2.75, 3.05) is 34.5 Å². The summed E-state index contributed by atoms with van der Waals surface area (Å²) in [6.45, 7) is 3.72. The van der Waals surface area contributed by atoms with Crippen molar-refractivity contribution in [1.29, 1.82) is 0 Å². The van der Waals surface area contributed by atoms with E-state index in [-0.39, 0.29) is 40.2 Å². The van der Waals surface area contributed by atoms with Crippen molar-refractivity contribution in [1.82, 2.24) is 19.1 Å². The van der Waals surface area contributed by atoms with Crippen LogP contribution < -0.4 is 25.0 Å². The lowest BCUT2D eigenvalue weighted by molar-refractivity contribution is -0.121. The number of imidazole rings is 2. The van der Waals surface area contributed by atoms with E-state index < -0.39 is 30.2 Å². The predicted octanol–water partition coefficient (Wildman–Crippen LogP) is 7.32. The number of alkyl halides is 4. The van der Waals surface area contributed by atoms with Gasteiger partial charge in [0.1, 0.15) is 48.4 Å². The maximum absolute atomic E-state index is 13.4. The van der Waals surface area contributed by atoms with Gasteiger partial charge in [0.05, 0.1) is 24.2 Å². The second-order valence-corrected chi connectivity index (χ2v) is 15.7. The number of aromatic nitrogens is 4. The van der Waals surface area contributed by atoms with Gasteiger partial charge in [0, 0.05) is 34.3 Å². The molecule has 2 fully saturated rings. The van der Waals surface area contributed by atoms with Crippen LogP contribution in [0.4, 0.5) is 38.8 Å². The first kappa shape index (κ1) is 38.1. The second-order valence-electron chi connectivity index (χ2n) is 12.8. The largest absolute Gasteiger partial charge is 0.491 e. The maximum Gasteiger partial charge on any atom is 0.287 e. The van der Waals surface area contributed by atoms with Crippen LogP contribution in [0, 0.1) is 5.92 Å². The third-order valence-electron chi connectivity index (χ3n) is 9.44. The molecule has 54 heavy (non-hydrogen) atoms.